The molecule has 35 heavy (non-hydrogen) atoms. The number of fused-ring (bicyclic) bond motifs is 6. The smallest absolute Gasteiger partial charge is 0.0548 e. The zero-order chi connectivity index (χ0) is 23.5. The van der Waals surface area contributed by atoms with Crippen LogP contribution in [0, 0.1) is 0 Å². The molecule has 7 rings (SSSR count). The van der Waals surface area contributed by atoms with E-state index in [9.17, 15) is 0 Å². The Balaban J connectivity index is 1.62. The lowest BCUT2D eigenvalue weighted by atomic mass is 10.1. The van der Waals surface area contributed by atoms with Crippen molar-refractivity contribution in [2.24, 2.45) is 0 Å². The molecule has 168 valence electrons. The first-order chi connectivity index (χ1) is 17.2. The first-order valence-electron chi connectivity index (χ1n) is 12.0. The summed E-state index contributed by atoms with van der Waals surface area (Å²) in [6, 6.07) is 41.7. The third kappa shape index (κ3) is 2.91. The minimum Gasteiger partial charge on any atom is -0.378 e. The summed E-state index contributed by atoms with van der Waals surface area (Å²) in [5, 5.41) is 5.08. The van der Waals surface area contributed by atoms with Gasteiger partial charge in [-0.25, -0.2) is 0 Å². The van der Waals surface area contributed by atoms with E-state index in [1.165, 1.54) is 60.7 Å². The van der Waals surface area contributed by atoms with Crippen LogP contribution in [0.3, 0.4) is 0 Å². The molecule has 0 fully saturated rings. The fourth-order valence-corrected chi connectivity index (χ4v) is 5.46. The Morgan fingerprint density at radius 1 is 0.429 bits per heavy atom. The van der Waals surface area contributed by atoms with Crippen molar-refractivity contribution >= 4 is 49.3 Å². The van der Waals surface area contributed by atoms with E-state index in [2.05, 4.69) is 143 Å². The van der Waals surface area contributed by atoms with Crippen LogP contribution in [0.5, 0.6) is 0 Å². The molecule has 7 aromatic rings. The molecule has 2 aromatic heterocycles. The maximum Gasteiger partial charge on any atom is 0.0548 e. The molecule has 5 aromatic carbocycles. The third-order valence-electron chi connectivity index (χ3n) is 7.10. The van der Waals surface area contributed by atoms with E-state index in [1.807, 2.05) is 0 Å². The normalized spacial score (nSPS) is 11.7. The number of para-hydroxylation sites is 3. The molecule has 3 heteroatoms. The molecule has 0 aliphatic rings. The van der Waals surface area contributed by atoms with Gasteiger partial charge in [0.1, 0.15) is 0 Å². The fourth-order valence-electron chi connectivity index (χ4n) is 5.46. The molecule has 0 spiro atoms. The van der Waals surface area contributed by atoms with Gasteiger partial charge in [-0.15, -0.1) is 0 Å². The zero-order valence-electron chi connectivity index (χ0n) is 19.8. The Labute approximate surface area is 204 Å². The second kappa shape index (κ2) is 7.51. The lowest BCUT2D eigenvalue weighted by molar-refractivity contribution is 1.12. The van der Waals surface area contributed by atoms with Crippen LogP contribution in [0.4, 0.5) is 5.69 Å². The third-order valence-corrected chi connectivity index (χ3v) is 7.10. The van der Waals surface area contributed by atoms with E-state index in [1.54, 1.807) is 0 Å². The van der Waals surface area contributed by atoms with Gasteiger partial charge in [0.25, 0.3) is 0 Å². The molecule has 0 aliphatic carbocycles. The summed E-state index contributed by atoms with van der Waals surface area (Å²) >= 11 is 0. The SMILES string of the molecule is CN(C)c1ccc(-n2c3ccccc3c3cc4c(cc32)c2ccccc2n4-c2ccccc2)cc1. The molecule has 0 N–H and O–H groups in total. The van der Waals surface area contributed by atoms with Crippen molar-refractivity contribution in [3.8, 4) is 11.4 Å². The largest absolute Gasteiger partial charge is 0.378 e. The van der Waals surface area contributed by atoms with E-state index in [-0.39, 0.29) is 0 Å². The van der Waals surface area contributed by atoms with Gasteiger partial charge < -0.3 is 14.0 Å². The molecule has 0 saturated heterocycles. The summed E-state index contributed by atoms with van der Waals surface area (Å²) in [5.41, 5.74) is 8.47. The summed E-state index contributed by atoms with van der Waals surface area (Å²) in [5.74, 6) is 0. The van der Waals surface area contributed by atoms with Gasteiger partial charge in [0, 0.05) is 52.7 Å². The predicted molar refractivity (Wildman–Crippen MR) is 149 cm³/mol. The van der Waals surface area contributed by atoms with E-state index in [4.69, 9.17) is 0 Å². The average molecular weight is 452 g/mol. The molecular weight excluding hydrogens is 426 g/mol. The Hall–Kier alpha value is -4.50. The molecule has 3 nitrogen and oxygen atoms in total. The Bertz CT molecular complexity index is 1850. The second-order valence-electron chi connectivity index (χ2n) is 9.34. The lowest BCUT2D eigenvalue weighted by Gasteiger charge is -2.14. The number of hydrogen-bond donors (Lipinski definition) is 0. The summed E-state index contributed by atoms with van der Waals surface area (Å²) < 4.78 is 4.79. The standard InChI is InChI=1S/C32H25N3/c1-33(2)22-16-18-24(19-17-22)35-30-15-9-7-13-26(30)28-20-31-27(21-32(28)35)25-12-6-8-14-29(25)34(31)23-10-4-3-5-11-23/h3-21H,1-2H3. The number of hydrogen-bond acceptors (Lipinski definition) is 1. The van der Waals surface area contributed by atoms with Crippen LogP contribution in [0.25, 0.3) is 55.0 Å². The summed E-state index contributed by atoms with van der Waals surface area (Å²) in [7, 11) is 4.16. The minimum absolute atomic E-state index is 1.17. The molecule has 0 atom stereocenters. The van der Waals surface area contributed by atoms with E-state index >= 15 is 0 Å². The molecule has 0 amide bonds. The number of anilines is 1. The van der Waals surface area contributed by atoms with Crippen molar-refractivity contribution in [2.45, 2.75) is 0 Å². The van der Waals surface area contributed by atoms with E-state index < -0.39 is 0 Å². The van der Waals surface area contributed by atoms with Gasteiger partial charge in [0.05, 0.1) is 22.1 Å². The van der Waals surface area contributed by atoms with Crippen LogP contribution >= 0.6 is 0 Å². The maximum absolute atomic E-state index is 2.40. The van der Waals surface area contributed by atoms with Crippen molar-refractivity contribution in [3.63, 3.8) is 0 Å². The topological polar surface area (TPSA) is 13.1 Å². The van der Waals surface area contributed by atoms with Crippen LogP contribution < -0.4 is 4.90 Å². The average Bonchev–Trinajstić information content (AvgIpc) is 3.40. The quantitative estimate of drug-likeness (QED) is 0.266. The van der Waals surface area contributed by atoms with Crippen LogP contribution in [-0.4, -0.2) is 23.2 Å². The highest BCUT2D eigenvalue weighted by atomic mass is 15.1. The van der Waals surface area contributed by atoms with Crippen molar-refractivity contribution in [3.05, 3.63) is 115 Å². The molecule has 0 saturated carbocycles. The maximum atomic E-state index is 2.40. The first-order valence-corrected chi connectivity index (χ1v) is 12.0. The van der Waals surface area contributed by atoms with Crippen molar-refractivity contribution < 1.29 is 0 Å². The van der Waals surface area contributed by atoms with E-state index in [0.29, 0.717) is 0 Å². The van der Waals surface area contributed by atoms with Crippen LogP contribution in [0.1, 0.15) is 0 Å². The number of nitrogens with zero attached hydrogens (tertiary/aromatic N) is 3. The highest BCUT2D eigenvalue weighted by Gasteiger charge is 2.18. The number of aromatic nitrogens is 2. The molecule has 0 unspecified atom stereocenters. The van der Waals surface area contributed by atoms with Crippen molar-refractivity contribution in [1.82, 2.24) is 9.13 Å². The monoisotopic (exact) mass is 451 g/mol. The molecular formula is C32H25N3. The summed E-state index contributed by atoms with van der Waals surface area (Å²) in [6.45, 7) is 0. The number of rotatable bonds is 3. The Morgan fingerprint density at radius 2 is 0.886 bits per heavy atom. The van der Waals surface area contributed by atoms with Gasteiger partial charge in [0.2, 0.25) is 0 Å². The van der Waals surface area contributed by atoms with Crippen LogP contribution in [0.15, 0.2) is 115 Å². The fraction of sp³-hybridized carbons (Fsp3) is 0.0625. The highest BCUT2D eigenvalue weighted by Crippen LogP contribution is 2.39. The molecule has 0 bridgehead atoms. The van der Waals surface area contributed by atoms with Crippen molar-refractivity contribution in [1.29, 1.82) is 0 Å². The molecule has 2 heterocycles. The summed E-state index contributed by atoms with van der Waals surface area (Å²) in [6.07, 6.45) is 0. The first kappa shape index (κ1) is 19.9. The van der Waals surface area contributed by atoms with Gasteiger partial charge in [-0.1, -0.05) is 54.6 Å². The van der Waals surface area contributed by atoms with Gasteiger partial charge >= 0.3 is 0 Å². The van der Waals surface area contributed by atoms with Gasteiger partial charge in [-0.05, 0) is 60.7 Å². The second-order valence-corrected chi connectivity index (χ2v) is 9.34. The van der Waals surface area contributed by atoms with Gasteiger partial charge in [-0.3, -0.25) is 0 Å². The Kier molecular flexibility index (Phi) is 4.27. The van der Waals surface area contributed by atoms with E-state index in [0.717, 1.165) is 0 Å². The molecule has 0 aliphatic heterocycles. The summed E-state index contributed by atoms with van der Waals surface area (Å²) in [4.78, 5) is 2.14. The van der Waals surface area contributed by atoms with Gasteiger partial charge in [-0.2, -0.15) is 0 Å². The minimum atomic E-state index is 1.17. The van der Waals surface area contributed by atoms with Crippen LogP contribution in [0.2, 0.25) is 0 Å². The Morgan fingerprint density at radius 3 is 1.40 bits per heavy atom. The molecule has 0 radical (unpaired) electrons. The lowest BCUT2D eigenvalue weighted by Crippen LogP contribution is -2.08. The zero-order valence-corrected chi connectivity index (χ0v) is 19.8. The highest BCUT2D eigenvalue weighted by molar-refractivity contribution is 6.19. The predicted octanol–water partition coefficient (Wildman–Crippen LogP) is 7.95. The van der Waals surface area contributed by atoms with Crippen molar-refractivity contribution in [2.75, 3.05) is 19.0 Å². The number of benzene rings is 5. The van der Waals surface area contributed by atoms with Gasteiger partial charge in [0.15, 0.2) is 0 Å². The van der Waals surface area contributed by atoms with Crippen LogP contribution in [-0.2, 0) is 0 Å².